The molecule has 0 aliphatic carbocycles. The second kappa shape index (κ2) is 12.4. The van der Waals surface area contributed by atoms with Crippen LogP contribution in [0.25, 0.3) is 0 Å². The summed E-state index contributed by atoms with van der Waals surface area (Å²) in [6.07, 6.45) is 2.34. The van der Waals surface area contributed by atoms with E-state index in [0.29, 0.717) is 17.9 Å². The molecule has 9 heteroatoms. The molecular weight excluding hydrogens is 454 g/mol. The molecule has 8 nitrogen and oxygen atoms in total. The van der Waals surface area contributed by atoms with Crippen LogP contribution >= 0.6 is 0 Å². The molecule has 2 amide bonds. The van der Waals surface area contributed by atoms with Crippen LogP contribution in [0, 0.1) is 0 Å². The van der Waals surface area contributed by atoms with Crippen LogP contribution < -0.4 is 14.4 Å². The Morgan fingerprint density at radius 2 is 1.74 bits per heavy atom. The number of hydrogen-bond acceptors (Lipinski definition) is 5. The van der Waals surface area contributed by atoms with Crippen LogP contribution in [0.3, 0.4) is 0 Å². The Bertz CT molecular complexity index is 1060. The minimum atomic E-state index is -3.78. The highest BCUT2D eigenvalue weighted by molar-refractivity contribution is 7.92. The van der Waals surface area contributed by atoms with Gasteiger partial charge < -0.3 is 15.0 Å². The first-order valence-electron chi connectivity index (χ1n) is 11.3. The largest absolute Gasteiger partial charge is 0.497 e. The first kappa shape index (κ1) is 27.2. The van der Waals surface area contributed by atoms with Gasteiger partial charge >= 0.3 is 0 Å². The number of nitrogens with zero attached hydrogens (tertiary/aromatic N) is 2. The highest BCUT2D eigenvalue weighted by atomic mass is 32.2. The highest BCUT2D eigenvalue weighted by Gasteiger charge is 2.30. The zero-order chi connectivity index (χ0) is 25.3. The molecular formula is C25H35N3O5S. The summed E-state index contributed by atoms with van der Waals surface area (Å²) < 4.78 is 31.4. The summed E-state index contributed by atoms with van der Waals surface area (Å²) in [4.78, 5) is 27.8. The average molecular weight is 490 g/mol. The summed E-state index contributed by atoms with van der Waals surface area (Å²) >= 11 is 0. The maximum Gasteiger partial charge on any atom is 0.244 e. The Morgan fingerprint density at radius 3 is 2.32 bits per heavy atom. The molecule has 34 heavy (non-hydrogen) atoms. The van der Waals surface area contributed by atoms with Crippen LogP contribution in [0.5, 0.6) is 5.75 Å². The van der Waals surface area contributed by atoms with Gasteiger partial charge in [-0.05, 0) is 44.4 Å². The maximum atomic E-state index is 13.5. The van der Waals surface area contributed by atoms with Crippen molar-refractivity contribution in [2.75, 3.05) is 30.8 Å². The molecule has 2 aromatic carbocycles. The SMILES string of the molecule is CC[C@@H](C)NC(=O)[C@@H](C)N(CCc1ccccc1)C(=O)CN(c1cccc(OC)c1)S(C)(=O)=O. The Morgan fingerprint density at radius 1 is 1.06 bits per heavy atom. The molecule has 0 aliphatic rings. The Hall–Kier alpha value is -3.07. The maximum absolute atomic E-state index is 13.5. The van der Waals surface area contributed by atoms with Gasteiger partial charge in [0.1, 0.15) is 18.3 Å². The lowest BCUT2D eigenvalue weighted by molar-refractivity contribution is -0.139. The third kappa shape index (κ3) is 7.76. The quantitative estimate of drug-likeness (QED) is 0.495. The van der Waals surface area contributed by atoms with Gasteiger partial charge in [0.2, 0.25) is 21.8 Å². The van der Waals surface area contributed by atoms with E-state index in [-0.39, 0.29) is 18.5 Å². The molecule has 186 valence electrons. The van der Waals surface area contributed by atoms with Crippen molar-refractivity contribution in [1.29, 1.82) is 0 Å². The van der Waals surface area contributed by atoms with Crippen LogP contribution in [-0.4, -0.2) is 63.7 Å². The van der Waals surface area contributed by atoms with E-state index in [9.17, 15) is 18.0 Å². The van der Waals surface area contributed by atoms with Crippen molar-refractivity contribution < 1.29 is 22.7 Å². The van der Waals surface area contributed by atoms with Crippen LogP contribution in [0.4, 0.5) is 5.69 Å². The van der Waals surface area contributed by atoms with Crippen LogP contribution in [0.15, 0.2) is 54.6 Å². The number of carbonyl (C=O) groups is 2. The molecule has 0 spiro atoms. The molecule has 0 radical (unpaired) electrons. The lowest BCUT2D eigenvalue weighted by atomic mass is 10.1. The van der Waals surface area contributed by atoms with Crippen molar-refractivity contribution in [2.45, 2.75) is 45.7 Å². The second-order valence-corrected chi connectivity index (χ2v) is 10.2. The predicted octanol–water partition coefficient (Wildman–Crippen LogP) is 2.84. The summed E-state index contributed by atoms with van der Waals surface area (Å²) in [5.41, 5.74) is 1.33. The average Bonchev–Trinajstić information content (AvgIpc) is 2.82. The number of carbonyl (C=O) groups excluding carboxylic acids is 2. The number of ether oxygens (including phenoxy) is 1. The van der Waals surface area contributed by atoms with Crippen LogP contribution in [0.2, 0.25) is 0 Å². The Balaban J connectivity index is 2.32. The summed E-state index contributed by atoms with van der Waals surface area (Å²) in [6.45, 7) is 5.37. The minimum absolute atomic E-state index is 0.0367. The van der Waals surface area contributed by atoms with Crippen LogP contribution in [0.1, 0.15) is 32.8 Å². The van der Waals surface area contributed by atoms with Crippen molar-refractivity contribution in [3.63, 3.8) is 0 Å². The van der Waals surface area contributed by atoms with Crippen LogP contribution in [-0.2, 0) is 26.0 Å². The monoisotopic (exact) mass is 489 g/mol. The summed E-state index contributed by atoms with van der Waals surface area (Å²) in [6, 6.07) is 15.3. The number of anilines is 1. The van der Waals surface area contributed by atoms with Gasteiger partial charge in [-0.15, -0.1) is 0 Å². The molecule has 2 atom stereocenters. The number of nitrogens with one attached hydrogen (secondary N) is 1. The number of methoxy groups -OCH3 is 1. The van der Waals surface area contributed by atoms with E-state index in [4.69, 9.17) is 4.74 Å². The molecule has 0 heterocycles. The zero-order valence-corrected chi connectivity index (χ0v) is 21.3. The Labute approximate surface area is 202 Å². The van der Waals surface area contributed by atoms with E-state index >= 15 is 0 Å². The first-order chi connectivity index (χ1) is 16.1. The van der Waals surface area contributed by atoms with E-state index < -0.39 is 28.5 Å². The van der Waals surface area contributed by atoms with E-state index in [1.165, 1.54) is 12.0 Å². The van der Waals surface area contributed by atoms with Gasteiger partial charge in [0.25, 0.3) is 0 Å². The van der Waals surface area contributed by atoms with E-state index in [2.05, 4.69) is 5.32 Å². The fraction of sp³-hybridized carbons (Fsp3) is 0.440. The molecule has 0 aromatic heterocycles. The normalized spacial score (nSPS) is 13.0. The molecule has 0 aliphatic heterocycles. The van der Waals surface area contributed by atoms with Gasteiger partial charge in [-0.1, -0.05) is 43.3 Å². The summed E-state index contributed by atoms with van der Waals surface area (Å²) in [5, 5.41) is 2.91. The topological polar surface area (TPSA) is 96.0 Å². The third-order valence-corrected chi connectivity index (χ3v) is 6.81. The molecule has 1 N–H and O–H groups in total. The first-order valence-corrected chi connectivity index (χ1v) is 13.2. The Kier molecular flexibility index (Phi) is 9.92. The standard InChI is InChI=1S/C25H35N3O5S/c1-6-19(2)26-25(30)20(3)27(16-15-21-11-8-7-9-12-21)24(29)18-28(34(5,31)32)22-13-10-14-23(17-22)33-4/h7-14,17,19-20H,6,15-16,18H2,1-5H3,(H,26,30)/t19-,20-/m1/s1. The van der Waals surface area contributed by atoms with Crippen molar-refractivity contribution in [3.05, 3.63) is 60.2 Å². The number of amides is 2. The number of rotatable bonds is 12. The second-order valence-electron chi connectivity index (χ2n) is 8.29. The fourth-order valence-electron chi connectivity index (χ4n) is 3.41. The van der Waals surface area contributed by atoms with Crippen molar-refractivity contribution >= 4 is 27.5 Å². The van der Waals surface area contributed by atoms with Gasteiger partial charge in [-0.3, -0.25) is 13.9 Å². The molecule has 0 unspecified atom stereocenters. The van der Waals surface area contributed by atoms with Crippen molar-refractivity contribution in [1.82, 2.24) is 10.2 Å². The molecule has 0 saturated heterocycles. The van der Waals surface area contributed by atoms with Gasteiger partial charge in [0.05, 0.1) is 19.1 Å². The highest BCUT2D eigenvalue weighted by Crippen LogP contribution is 2.23. The summed E-state index contributed by atoms with van der Waals surface area (Å²) in [5.74, 6) is -0.264. The van der Waals surface area contributed by atoms with E-state index in [0.717, 1.165) is 22.5 Å². The number of sulfonamides is 1. The molecule has 0 bridgehead atoms. The zero-order valence-electron chi connectivity index (χ0n) is 20.5. The molecule has 2 aromatic rings. The van der Waals surface area contributed by atoms with Crippen molar-refractivity contribution in [2.24, 2.45) is 0 Å². The lowest BCUT2D eigenvalue weighted by Gasteiger charge is -2.32. The number of benzene rings is 2. The molecule has 0 fully saturated rings. The molecule has 0 saturated carbocycles. The van der Waals surface area contributed by atoms with Gasteiger partial charge in [0.15, 0.2) is 0 Å². The van der Waals surface area contributed by atoms with Crippen molar-refractivity contribution in [3.8, 4) is 5.75 Å². The van der Waals surface area contributed by atoms with Gasteiger partial charge in [-0.2, -0.15) is 0 Å². The minimum Gasteiger partial charge on any atom is -0.497 e. The smallest absolute Gasteiger partial charge is 0.244 e. The van der Waals surface area contributed by atoms with E-state index in [1.54, 1.807) is 31.2 Å². The van der Waals surface area contributed by atoms with Gasteiger partial charge in [0, 0.05) is 18.7 Å². The molecule has 2 rings (SSSR count). The number of hydrogen-bond donors (Lipinski definition) is 1. The fourth-order valence-corrected chi connectivity index (χ4v) is 4.26. The van der Waals surface area contributed by atoms with E-state index in [1.807, 2.05) is 44.2 Å². The third-order valence-electron chi connectivity index (χ3n) is 5.67. The van der Waals surface area contributed by atoms with Gasteiger partial charge in [-0.25, -0.2) is 8.42 Å². The lowest BCUT2D eigenvalue weighted by Crippen LogP contribution is -2.53. The predicted molar refractivity (Wildman–Crippen MR) is 134 cm³/mol. The summed E-state index contributed by atoms with van der Waals surface area (Å²) in [7, 11) is -2.29.